The van der Waals surface area contributed by atoms with Gasteiger partial charge in [-0.05, 0) is 45.7 Å². The van der Waals surface area contributed by atoms with Gasteiger partial charge in [0.25, 0.3) is 17.3 Å². The summed E-state index contributed by atoms with van der Waals surface area (Å²) in [5.41, 5.74) is -0.368. The first kappa shape index (κ1) is 21.8. The Kier molecular flexibility index (Phi) is 6.42. The summed E-state index contributed by atoms with van der Waals surface area (Å²) < 4.78 is 0. The van der Waals surface area contributed by atoms with Gasteiger partial charge in [-0.25, -0.2) is 4.98 Å². The number of thiazole rings is 1. The first-order valence-corrected chi connectivity index (χ1v) is 10.4. The fourth-order valence-corrected chi connectivity index (χ4v) is 4.42. The van der Waals surface area contributed by atoms with Crippen molar-refractivity contribution in [1.82, 2.24) is 9.88 Å². The van der Waals surface area contributed by atoms with Gasteiger partial charge in [-0.15, -0.1) is 11.3 Å². The van der Waals surface area contributed by atoms with E-state index in [2.05, 4.69) is 22.1 Å². The second-order valence-corrected chi connectivity index (χ2v) is 8.68. The number of amides is 1. The zero-order valence-corrected chi connectivity index (χ0v) is 17.8. The first-order chi connectivity index (χ1) is 14.2. The lowest BCUT2D eigenvalue weighted by atomic mass is 9.99. The quantitative estimate of drug-likeness (QED) is 0.536. The lowest BCUT2D eigenvalue weighted by Gasteiger charge is -2.29. The number of likely N-dealkylation sites (tertiary alicyclic amines) is 1. The lowest BCUT2D eigenvalue weighted by Crippen LogP contribution is -2.32. The van der Waals surface area contributed by atoms with Crippen LogP contribution in [0, 0.1) is 40.0 Å². The Labute approximate surface area is 177 Å². The number of nitrogens with one attached hydrogen (secondary N) is 1. The molecule has 0 spiro atoms. The summed E-state index contributed by atoms with van der Waals surface area (Å²) in [7, 11) is 0. The van der Waals surface area contributed by atoms with E-state index in [0.717, 1.165) is 61.1 Å². The molecule has 10 nitrogen and oxygen atoms in total. The molecule has 30 heavy (non-hydrogen) atoms. The minimum Gasteiger partial charge on any atom is -0.298 e. The maximum absolute atomic E-state index is 12.6. The van der Waals surface area contributed by atoms with Crippen LogP contribution in [-0.4, -0.2) is 38.7 Å². The topological polar surface area (TPSA) is 132 Å². The number of hydrogen-bond acceptors (Lipinski definition) is 8. The van der Waals surface area contributed by atoms with Gasteiger partial charge in [0, 0.05) is 23.6 Å². The van der Waals surface area contributed by atoms with E-state index in [1.54, 1.807) is 0 Å². The highest BCUT2D eigenvalue weighted by Gasteiger charge is 2.26. The summed E-state index contributed by atoms with van der Waals surface area (Å²) >= 11 is 1.35. The summed E-state index contributed by atoms with van der Waals surface area (Å²) in [5.74, 6) is 0.0644. The van der Waals surface area contributed by atoms with Crippen LogP contribution in [0.2, 0.25) is 0 Å². The van der Waals surface area contributed by atoms with Crippen molar-refractivity contribution in [2.24, 2.45) is 5.92 Å². The molecule has 3 rings (SSSR count). The average molecular weight is 433 g/mol. The first-order valence-electron chi connectivity index (χ1n) is 9.59. The molecule has 0 radical (unpaired) electrons. The van der Waals surface area contributed by atoms with Crippen LogP contribution in [0.25, 0.3) is 0 Å². The Bertz CT molecular complexity index is 962. The standard InChI is InChI=1S/C19H23N5O5S/c1-11-4-6-22(7-5-11)10-17-13(3)20-19(30-17)21-18(25)14-8-15(23(26)27)12(2)16(9-14)24(28)29/h8-9,11H,4-7,10H2,1-3H3,(H,20,21,25). The maximum atomic E-state index is 12.6. The summed E-state index contributed by atoms with van der Waals surface area (Å²) in [5, 5.41) is 25.4. The summed E-state index contributed by atoms with van der Waals surface area (Å²) in [4.78, 5) is 41.4. The minimum atomic E-state index is -0.732. The summed E-state index contributed by atoms with van der Waals surface area (Å²) in [6.07, 6.45) is 2.32. The van der Waals surface area contributed by atoms with E-state index < -0.39 is 27.1 Å². The smallest absolute Gasteiger partial charge is 0.279 e. The molecule has 0 unspecified atom stereocenters. The van der Waals surface area contributed by atoms with Gasteiger partial charge < -0.3 is 0 Å². The number of carbonyl (C=O) groups is 1. The molecule has 1 aliphatic rings. The number of nitrogens with zero attached hydrogens (tertiary/aromatic N) is 4. The van der Waals surface area contributed by atoms with E-state index in [1.165, 1.54) is 18.3 Å². The Morgan fingerprint density at radius 2 is 1.77 bits per heavy atom. The van der Waals surface area contributed by atoms with Gasteiger partial charge >= 0.3 is 0 Å². The third-order valence-corrected chi connectivity index (χ3v) is 6.42. The third-order valence-electron chi connectivity index (χ3n) is 5.37. The molecule has 0 aliphatic carbocycles. The van der Waals surface area contributed by atoms with Crippen molar-refractivity contribution in [2.45, 2.75) is 40.2 Å². The van der Waals surface area contributed by atoms with E-state index in [4.69, 9.17) is 0 Å². The number of carbonyl (C=O) groups excluding carboxylic acids is 1. The number of hydrogen-bond donors (Lipinski definition) is 1. The Morgan fingerprint density at radius 1 is 1.20 bits per heavy atom. The molecule has 1 aromatic heterocycles. The van der Waals surface area contributed by atoms with Crippen LogP contribution in [0.5, 0.6) is 0 Å². The lowest BCUT2D eigenvalue weighted by molar-refractivity contribution is -0.395. The van der Waals surface area contributed by atoms with Gasteiger partial charge in [0.05, 0.1) is 21.1 Å². The van der Waals surface area contributed by atoms with Crippen LogP contribution in [-0.2, 0) is 6.54 Å². The molecule has 0 bridgehead atoms. The van der Waals surface area contributed by atoms with Crippen molar-refractivity contribution in [3.05, 3.63) is 54.1 Å². The molecule has 0 atom stereocenters. The third kappa shape index (κ3) is 4.79. The van der Waals surface area contributed by atoms with Crippen LogP contribution in [0.1, 0.15) is 46.3 Å². The van der Waals surface area contributed by atoms with E-state index in [1.807, 2.05) is 6.92 Å². The molecule has 1 amide bonds. The monoisotopic (exact) mass is 433 g/mol. The molecule has 11 heteroatoms. The SMILES string of the molecule is Cc1nc(NC(=O)c2cc([N+](=O)[O-])c(C)c([N+](=O)[O-])c2)sc1CN1CCC(C)CC1. The van der Waals surface area contributed by atoms with Crippen molar-refractivity contribution in [3.63, 3.8) is 0 Å². The summed E-state index contributed by atoms with van der Waals surface area (Å²) in [6, 6.07) is 2.10. The Balaban J connectivity index is 1.78. The number of benzene rings is 1. The molecule has 2 aromatic rings. The van der Waals surface area contributed by atoms with Gasteiger partial charge in [0.2, 0.25) is 0 Å². The fraction of sp³-hybridized carbons (Fsp3) is 0.474. The van der Waals surface area contributed by atoms with Crippen LogP contribution >= 0.6 is 11.3 Å². The normalized spacial score (nSPS) is 15.2. The van der Waals surface area contributed by atoms with Crippen molar-refractivity contribution in [1.29, 1.82) is 0 Å². The molecule has 1 aliphatic heterocycles. The molecule has 1 fully saturated rings. The predicted octanol–water partition coefficient (Wildman–Crippen LogP) is 4.06. The molecular weight excluding hydrogens is 410 g/mol. The molecule has 1 saturated heterocycles. The average Bonchev–Trinajstić information content (AvgIpc) is 3.02. The van der Waals surface area contributed by atoms with Crippen LogP contribution in [0.3, 0.4) is 0 Å². The number of nitro benzene ring substituents is 2. The Morgan fingerprint density at radius 3 is 2.30 bits per heavy atom. The van der Waals surface area contributed by atoms with Crippen molar-refractivity contribution in [2.75, 3.05) is 18.4 Å². The molecule has 1 aromatic carbocycles. The molecule has 160 valence electrons. The largest absolute Gasteiger partial charge is 0.298 e. The molecular formula is C19H23N5O5S. The van der Waals surface area contributed by atoms with E-state index in [9.17, 15) is 25.0 Å². The number of aryl methyl sites for hydroxylation is 1. The van der Waals surface area contributed by atoms with Crippen molar-refractivity contribution >= 4 is 33.8 Å². The highest BCUT2D eigenvalue weighted by atomic mass is 32.1. The zero-order valence-electron chi connectivity index (χ0n) is 17.0. The van der Waals surface area contributed by atoms with E-state index in [-0.39, 0.29) is 11.1 Å². The van der Waals surface area contributed by atoms with Crippen molar-refractivity contribution < 1.29 is 14.6 Å². The number of piperidine rings is 1. The summed E-state index contributed by atoms with van der Waals surface area (Å²) in [6.45, 7) is 8.22. The van der Waals surface area contributed by atoms with Crippen molar-refractivity contribution in [3.8, 4) is 0 Å². The second kappa shape index (κ2) is 8.84. The van der Waals surface area contributed by atoms with Gasteiger partial charge in [-0.3, -0.25) is 35.2 Å². The predicted molar refractivity (Wildman–Crippen MR) is 113 cm³/mol. The number of anilines is 1. The van der Waals surface area contributed by atoms with Gasteiger partial charge in [0.1, 0.15) is 5.56 Å². The molecule has 0 saturated carbocycles. The maximum Gasteiger partial charge on any atom is 0.279 e. The van der Waals surface area contributed by atoms with Gasteiger partial charge in [-0.2, -0.15) is 0 Å². The van der Waals surface area contributed by atoms with Crippen LogP contribution < -0.4 is 5.32 Å². The number of rotatable bonds is 6. The minimum absolute atomic E-state index is 0.0928. The Hall–Kier alpha value is -2.92. The number of nitro groups is 2. The fourth-order valence-electron chi connectivity index (χ4n) is 3.42. The van der Waals surface area contributed by atoms with Gasteiger partial charge in [-0.1, -0.05) is 6.92 Å². The molecule has 2 heterocycles. The van der Waals surface area contributed by atoms with E-state index in [0.29, 0.717) is 5.13 Å². The van der Waals surface area contributed by atoms with Crippen LogP contribution in [0.4, 0.5) is 16.5 Å². The van der Waals surface area contributed by atoms with E-state index >= 15 is 0 Å². The van der Waals surface area contributed by atoms with Gasteiger partial charge in [0.15, 0.2) is 5.13 Å². The van der Waals surface area contributed by atoms with Crippen LogP contribution in [0.15, 0.2) is 12.1 Å². The highest BCUT2D eigenvalue weighted by molar-refractivity contribution is 7.15. The zero-order chi connectivity index (χ0) is 22.0. The second-order valence-electron chi connectivity index (χ2n) is 7.59. The molecule has 1 N–H and O–H groups in total. The number of aromatic nitrogens is 1. The highest BCUT2D eigenvalue weighted by Crippen LogP contribution is 2.31.